The summed E-state index contributed by atoms with van der Waals surface area (Å²) < 4.78 is 48.8. The maximum atomic E-state index is 13.5. The SMILES string of the molecule is CCN1C(=O)/C(=C\c2cc(C)n(-c3ccc(F)cc3)c2C)c2cc(S(=O)(=O)N3CCOCC3)ccc21. The van der Waals surface area contributed by atoms with Gasteiger partial charge in [-0.2, -0.15) is 4.31 Å². The lowest BCUT2D eigenvalue weighted by atomic mass is 10.0. The van der Waals surface area contributed by atoms with Gasteiger partial charge in [0.25, 0.3) is 5.91 Å². The molecule has 36 heavy (non-hydrogen) atoms. The normalized spacial score (nSPS) is 17.7. The van der Waals surface area contributed by atoms with Crippen LogP contribution >= 0.6 is 0 Å². The Labute approximate surface area is 210 Å². The highest BCUT2D eigenvalue weighted by Crippen LogP contribution is 2.40. The summed E-state index contributed by atoms with van der Waals surface area (Å²) in [5, 5.41) is 0. The molecule has 0 spiro atoms. The summed E-state index contributed by atoms with van der Waals surface area (Å²) in [5.74, 6) is -0.473. The fourth-order valence-electron chi connectivity index (χ4n) is 4.96. The fourth-order valence-corrected chi connectivity index (χ4v) is 6.40. The van der Waals surface area contributed by atoms with E-state index >= 15 is 0 Å². The standard InChI is InChI=1S/C27H28FN3O4S/c1-4-30-26-10-9-23(36(33,34)29-11-13-35-14-12-29)17-24(26)25(27(30)32)16-20-15-18(2)31(19(20)3)22-7-5-21(28)6-8-22/h5-10,15-17H,4,11-14H2,1-3H3/b25-16-. The molecule has 0 N–H and O–H groups in total. The Kier molecular flexibility index (Phi) is 6.32. The number of carbonyl (C=O) groups excluding carboxylic acids is 1. The molecule has 9 heteroatoms. The number of halogens is 1. The molecule has 0 aliphatic carbocycles. The smallest absolute Gasteiger partial charge is 0.258 e. The van der Waals surface area contributed by atoms with Crippen LogP contribution < -0.4 is 4.90 Å². The molecule has 2 aliphatic rings. The van der Waals surface area contributed by atoms with Crippen molar-refractivity contribution in [3.05, 3.63) is 76.9 Å². The van der Waals surface area contributed by atoms with Crippen LogP contribution in [0, 0.1) is 19.7 Å². The number of anilines is 1. The van der Waals surface area contributed by atoms with E-state index < -0.39 is 10.0 Å². The van der Waals surface area contributed by atoms with Crippen molar-refractivity contribution in [2.24, 2.45) is 0 Å². The van der Waals surface area contributed by atoms with Crippen LogP contribution in [0.3, 0.4) is 0 Å². The van der Waals surface area contributed by atoms with E-state index in [-0.39, 0.29) is 16.6 Å². The Balaban J connectivity index is 1.60. The van der Waals surface area contributed by atoms with Crippen LogP contribution in [0.4, 0.5) is 10.1 Å². The Hall–Kier alpha value is -3.27. The van der Waals surface area contributed by atoms with Gasteiger partial charge >= 0.3 is 0 Å². The van der Waals surface area contributed by atoms with Crippen molar-refractivity contribution < 1.29 is 22.3 Å². The summed E-state index contributed by atoms with van der Waals surface area (Å²) >= 11 is 0. The minimum absolute atomic E-state index is 0.164. The predicted octanol–water partition coefficient (Wildman–Crippen LogP) is 4.16. The van der Waals surface area contributed by atoms with Gasteiger partial charge < -0.3 is 14.2 Å². The van der Waals surface area contributed by atoms with Crippen LogP contribution in [-0.2, 0) is 19.6 Å². The van der Waals surface area contributed by atoms with Crippen molar-refractivity contribution in [1.82, 2.24) is 8.87 Å². The second kappa shape index (κ2) is 9.31. The van der Waals surface area contributed by atoms with E-state index in [0.29, 0.717) is 49.7 Å². The average molecular weight is 510 g/mol. The van der Waals surface area contributed by atoms with Gasteiger partial charge in [0.2, 0.25) is 10.0 Å². The van der Waals surface area contributed by atoms with Crippen molar-refractivity contribution >= 4 is 33.3 Å². The minimum Gasteiger partial charge on any atom is -0.379 e. The first-order valence-electron chi connectivity index (χ1n) is 11.9. The summed E-state index contributed by atoms with van der Waals surface area (Å²) in [7, 11) is -3.71. The van der Waals surface area contributed by atoms with E-state index in [2.05, 4.69) is 0 Å². The van der Waals surface area contributed by atoms with E-state index in [1.54, 1.807) is 35.2 Å². The van der Waals surface area contributed by atoms with Crippen molar-refractivity contribution in [1.29, 1.82) is 0 Å². The molecule has 1 saturated heterocycles. The highest BCUT2D eigenvalue weighted by molar-refractivity contribution is 7.89. The van der Waals surface area contributed by atoms with Gasteiger partial charge in [-0.1, -0.05) is 0 Å². The van der Waals surface area contributed by atoms with Gasteiger partial charge in [0, 0.05) is 47.8 Å². The third-order valence-corrected chi connectivity index (χ3v) is 8.70. The van der Waals surface area contributed by atoms with E-state index in [9.17, 15) is 17.6 Å². The molecular weight excluding hydrogens is 481 g/mol. The highest BCUT2D eigenvalue weighted by Gasteiger charge is 2.34. The fraction of sp³-hybridized carbons (Fsp3) is 0.296. The number of nitrogens with zero attached hydrogens (tertiary/aromatic N) is 3. The average Bonchev–Trinajstić information content (AvgIpc) is 3.31. The predicted molar refractivity (Wildman–Crippen MR) is 137 cm³/mol. The zero-order valence-corrected chi connectivity index (χ0v) is 21.3. The molecule has 1 amide bonds. The molecule has 5 rings (SSSR count). The molecule has 0 bridgehead atoms. The lowest BCUT2D eigenvalue weighted by Gasteiger charge is -2.26. The van der Waals surface area contributed by atoms with Crippen molar-refractivity contribution in [3.63, 3.8) is 0 Å². The molecule has 2 aliphatic heterocycles. The number of fused-ring (bicyclic) bond motifs is 1. The highest BCUT2D eigenvalue weighted by atomic mass is 32.2. The van der Waals surface area contributed by atoms with Crippen LogP contribution in [-0.4, -0.2) is 56.0 Å². The molecule has 188 valence electrons. The Morgan fingerprint density at radius 2 is 1.72 bits per heavy atom. The van der Waals surface area contributed by atoms with Crippen LogP contribution in [0.25, 0.3) is 17.3 Å². The number of hydrogen-bond acceptors (Lipinski definition) is 4. The van der Waals surface area contributed by atoms with Crippen molar-refractivity contribution in [2.45, 2.75) is 25.7 Å². The topological polar surface area (TPSA) is 71.9 Å². The maximum Gasteiger partial charge on any atom is 0.258 e. The molecule has 3 aromatic rings. The van der Waals surface area contributed by atoms with E-state index in [4.69, 9.17) is 4.74 Å². The molecule has 0 unspecified atom stereocenters. The second-order valence-electron chi connectivity index (χ2n) is 8.94. The zero-order chi connectivity index (χ0) is 25.6. The summed E-state index contributed by atoms with van der Waals surface area (Å²) in [4.78, 5) is 15.2. The third kappa shape index (κ3) is 4.07. The summed E-state index contributed by atoms with van der Waals surface area (Å²) in [6, 6.07) is 13.1. The van der Waals surface area contributed by atoms with Crippen LogP contribution in [0.15, 0.2) is 53.4 Å². The number of carbonyl (C=O) groups is 1. The number of morpholine rings is 1. The number of likely N-dealkylation sites (N-methyl/N-ethyl adjacent to an activating group) is 1. The molecule has 1 aromatic heterocycles. The second-order valence-corrected chi connectivity index (χ2v) is 10.9. The molecule has 7 nitrogen and oxygen atoms in total. The molecule has 3 heterocycles. The van der Waals surface area contributed by atoms with Gasteiger partial charge in [0.1, 0.15) is 5.82 Å². The number of benzene rings is 2. The van der Waals surface area contributed by atoms with Gasteiger partial charge in [-0.15, -0.1) is 0 Å². The minimum atomic E-state index is -3.71. The molecule has 0 saturated carbocycles. The summed E-state index contributed by atoms with van der Waals surface area (Å²) in [6.45, 7) is 7.59. The van der Waals surface area contributed by atoms with E-state index in [0.717, 1.165) is 22.6 Å². The van der Waals surface area contributed by atoms with Gasteiger partial charge in [0.05, 0.1) is 23.8 Å². The molecule has 2 aromatic carbocycles. The van der Waals surface area contributed by atoms with Crippen molar-refractivity contribution in [3.8, 4) is 5.69 Å². The number of ether oxygens (including phenoxy) is 1. The number of aromatic nitrogens is 1. The molecular formula is C27H28FN3O4S. The Morgan fingerprint density at radius 1 is 1.03 bits per heavy atom. The van der Waals surface area contributed by atoms with Crippen LogP contribution in [0.2, 0.25) is 0 Å². The number of hydrogen-bond donors (Lipinski definition) is 0. The zero-order valence-electron chi connectivity index (χ0n) is 20.5. The maximum absolute atomic E-state index is 13.5. The first-order valence-corrected chi connectivity index (χ1v) is 13.4. The van der Waals surface area contributed by atoms with Crippen molar-refractivity contribution in [2.75, 3.05) is 37.7 Å². The summed E-state index contributed by atoms with van der Waals surface area (Å²) in [6.07, 6.45) is 1.82. The van der Waals surface area contributed by atoms with Gasteiger partial charge in [0.15, 0.2) is 0 Å². The quantitative estimate of drug-likeness (QED) is 0.485. The Morgan fingerprint density at radius 3 is 2.39 bits per heavy atom. The lowest BCUT2D eigenvalue weighted by molar-refractivity contribution is -0.112. The number of sulfonamides is 1. The lowest BCUT2D eigenvalue weighted by Crippen LogP contribution is -2.40. The number of aryl methyl sites for hydroxylation is 1. The van der Waals surface area contributed by atoms with Crippen LogP contribution in [0.1, 0.15) is 29.4 Å². The van der Waals surface area contributed by atoms with Crippen LogP contribution in [0.5, 0.6) is 0 Å². The first kappa shape index (κ1) is 24.4. The number of amides is 1. The van der Waals surface area contributed by atoms with E-state index in [1.807, 2.05) is 37.5 Å². The molecule has 1 fully saturated rings. The largest absolute Gasteiger partial charge is 0.379 e. The number of rotatable bonds is 5. The monoisotopic (exact) mass is 509 g/mol. The van der Waals surface area contributed by atoms with Gasteiger partial charge in [-0.3, -0.25) is 4.79 Å². The summed E-state index contributed by atoms with van der Waals surface area (Å²) in [5.41, 5.74) is 5.24. The van der Waals surface area contributed by atoms with E-state index in [1.165, 1.54) is 16.4 Å². The third-order valence-electron chi connectivity index (χ3n) is 6.80. The molecule has 0 atom stereocenters. The van der Waals surface area contributed by atoms with Gasteiger partial charge in [-0.25, -0.2) is 12.8 Å². The molecule has 0 radical (unpaired) electrons. The van der Waals surface area contributed by atoms with Gasteiger partial charge in [-0.05, 0) is 80.9 Å². The first-order chi connectivity index (χ1) is 17.2. The Bertz CT molecular complexity index is 1470.